The Morgan fingerprint density at radius 2 is 1.75 bits per heavy atom. The van der Waals surface area contributed by atoms with Crippen LogP contribution in [-0.4, -0.2) is 68.9 Å². The van der Waals surface area contributed by atoms with Crippen LogP contribution in [0.4, 0.5) is 0 Å². The molecule has 0 aliphatic carbocycles. The van der Waals surface area contributed by atoms with Gasteiger partial charge in [-0.2, -0.15) is 0 Å². The number of hydrogen-bond acceptors (Lipinski definition) is 4. The maximum absolute atomic E-state index is 3.89. The van der Waals surface area contributed by atoms with Crippen molar-refractivity contribution >= 4 is 10.9 Å². The fourth-order valence-corrected chi connectivity index (χ4v) is 3.40. The van der Waals surface area contributed by atoms with Gasteiger partial charge in [0.1, 0.15) is 12.7 Å². The summed E-state index contributed by atoms with van der Waals surface area (Å²) in [7, 11) is 2.21. The zero-order chi connectivity index (χ0) is 16.4. The van der Waals surface area contributed by atoms with Crippen LogP contribution in [0.25, 0.3) is 16.6 Å². The summed E-state index contributed by atoms with van der Waals surface area (Å²) in [5.41, 5.74) is 2.38. The average Bonchev–Trinajstić information content (AvgIpc) is 3.26. The van der Waals surface area contributed by atoms with Gasteiger partial charge >= 0.3 is 0 Å². The van der Waals surface area contributed by atoms with Crippen LogP contribution < -0.4 is 0 Å². The van der Waals surface area contributed by atoms with Gasteiger partial charge in [0.15, 0.2) is 0 Å². The van der Waals surface area contributed by atoms with E-state index in [9.17, 15) is 0 Å². The largest absolute Gasteiger partial charge is 0.347 e. The van der Waals surface area contributed by atoms with Crippen LogP contribution in [0.2, 0.25) is 0 Å². The molecule has 126 valence electrons. The Morgan fingerprint density at radius 1 is 0.958 bits per heavy atom. The Bertz CT molecular complexity index is 783. The first kappa shape index (κ1) is 15.4. The fraction of sp³-hybridized carbons (Fsp3) is 0.444. The lowest BCUT2D eigenvalue weighted by Crippen LogP contribution is -2.44. The van der Waals surface area contributed by atoms with Gasteiger partial charge in [0.05, 0.1) is 11.2 Å². The molecule has 4 rings (SSSR count). The molecule has 1 aromatic carbocycles. The summed E-state index contributed by atoms with van der Waals surface area (Å²) in [5, 5.41) is 9.07. The van der Waals surface area contributed by atoms with Gasteiger partial charge in [-0.3, -0.25) is 4.57 Å². The molecule has 1 aliphatic heterocycles. The van der Waals surface area contributed by atoms with Crippen molar-refractivity contribution in [2.45, 2.75) is 13.0 Å². The minimum absolute atomic E-state index is 1.06. The monoisotopic (exact) mass is 324 g/mol. The van der Waals surface area contributed by atoms with Gasteiger partial charge < -0.3 is 14.4 Å². The molecule has 0 atom stereocenters. The molecule has 1 aliphatic rings. The van der Waals surface area contributed by atoms with Gasteiger partial charge in [0.2, 0.25) is 0 Å². The summed E-state index contributed by atoms with van der Waals surface area (Å²) in [6.07, 6.45) is 6.86. The van der Waals surface area contributed by atoms with Crippen LogP contribution in [0.3, 0.4) is 0 Å². The third-order valence-electron chi connectivity index (χ3n) is 4.94. The van der Waals surface area contributed by atoms with Crippen LogP contribution in [0, 0.1) is 0 Å². The molecule has 2 aromatic heterocycles. The third kappa shape index (κ3) is 3.20. The molecular weight excluding hydrogens is 300 g/mol. The molecule has 1 fully saturated rings. The number of aromatic nitrogens is 4. The van der Waals surface area contributed by atoms with Gasteiger partial charge in [-0.05, 0) is 43.6 Å². The maximum Gasteiger partial charge on any atom is 0.123 e. The molecule has 3 aromatic rings. The topological polar surface area (TPSA) is 42.1 Å². The SMILES string of the molecule is CN1CCN(CCCn2ccc3ccc(-n4cnnc4)cc32)CC1. The number of likely N-dealkylation sites (N-methyl/N-ethyl adjacent to an activating group) is 1. The molecule has 6 nitrogen and oxygen atoms in total. The predicted molar refractivity (Wildman–Crippen MR) is 95.4 cm³/mol. The first-order valence-corrected chi connectivity index (χ1v) is 8.64. The van der Waals surface area contributed by atoms with Crippen LogP contribution in [0.15, 0.2) is 43.1 Å². The zero-order valence-electron chi connectivity index (χ0n) is 14.2. The second kappa shape index (κ2) is 6.75. The Kier molecular flexibility index (Phi) is 4.32. The van der Waals surface area contributed by atoms with Crippen LogP contribution >= 0.6 is 0 Å². The summed E-state index contributed by atoms with van der Waals surface area (Å²) >= 11 is 0. The van der Waals surface area contributed by atoms with Crippen molar-refractivity contribution in [3.63, 3.8) is 0 Å². The molecule has 0 N–H and O–H groups in total. The van der Waals surface area contributed by atoms with E-state index in [4.69, 9.17) is 0 Å². The highest BCUT2D eigenvalue weighted by Gasteiger charge is 2.13. The van der Waals surface area contributed by atoms with E-state index in [-0.39, 0.29) is 0 Å². The lowest BCUT2D eigenvalue weighted by atomic mass is 10.2. The van der Waals surface area contributed by atoms with E-state index in [2.05, 4.69) is 62.1 Å². The van der Waals surface area contributed by atoms with E-state index in [1.807, 2.05) is 4.57 Å². The molecule has 0 spiro atoms. The minimum atomic E-state index is 1.06. The molecule has 0 bridgehead atoms. The van der Waals surface area contributed by atoms with E-state index >= 15 is 0 Å². The lowest BCUT2D eigenvalue weighted by molar-refractivity contribution is 0.151. The van der Waals surface area contributed by atoms with Crippen LogP contribution in [0.5, 0.6) is 0 Å². The Balaban J connectivity index is 1.43. The predicted octanol–water partition coefficient (Wildman–Crippen LogP) is 1.86. The van der Waals surface area contributed by atoms with Gasteiger partial charge in [-0.15, -0.1) is 10.2 Å². The number of hydrogen-bond donors (Lipinski definition) is 0. The molecule has 24 heavy (non-hydrogen) atoms. The number of piperazine rings is 1. The zero-order valence-corrected chi connectivity index (χ0v) is 14.2. The number of fused-ring (bicyclic) bond motifs is 1. The third-order valence-corrected chi connectivity index (χ3v) is 4.94. The van der Waals surface area contributed by atoms with Crippen molar-refractivity contribution in [1.82, 2.24) is 29.1 Å². The quantitative estimate of drug-likeness (QED) is 0.718. The van der Waals surface area contributed by atoms with Crippen molar-refractivity contribution in [1.29, 1.82) is 0 Å². The van der Waals surface area contributed by atoms with E-state index < -0.39 is 0 Å². The molecular formula is C18H24N6. The number of nitrogens with zero attached hydrogens (tertiary/aromatic N) is 6. The van der Waals surface area contributed by atoms with Crippen molar-refractivity contribution in [2.24, 2.45) is 0 Å². The normalized spacial score (nSPS) is 16.9. The average molecular weight is 324 g/mol. The maximum atomic E-state index is 3.89. The second-order valence-corrected chi connectivity index (χ2v) is 6.62. The van der Waals surface area contributed by atoms with E-state index in [1.165, 1.54) is 50.0 Å². The van der Waals surface area contributed by atoms with E-state index in [0.717, 1.165) is 12.2 Å². The van der Waals surface area contributed by atoms with Crippen LogP contribution in [0.1, 0.15) is 6.42 Å². The summed E-state index contributed by atoms with van der Waals surface area (Å²) in [5.74, 6) is 0. The lowest BCUT2D eigenvalue weighted by Gasteiger charge is -2.32. The minimum Gasteiger partial charge on any atom is -0.347 e. The van der Waals surface area contributed by atoms with Crippen LogP contribution in [-0.2, 0) is 6.54 Å². The summed E-state index contributed by atoms with van der Waals surface area (Å²) in [6.45, 7) is 7.00. The van der Waals surface area contributed by atoms with Gasteiger partial charge in [0, 0.05) is 38.9 Å². The smallest absolute Gasteiger partial charge is 0.123 e. The highest BCUT2D eigenvalue weighted by Crippen LogP contribution is 2.20. The van der Waals surface area contributed by atoms with Crippen molar-refractivity contribution < 1.29 is 0 Å². The molecule has 1 saturated heterocycles. The number of aryl methyl sites for hydroxylation is 1. The van der Waals surface area contributed by atoms with E-state index in [0.29, 0.717) is 0 Å². The second-order valence-electron chi connectivity index (χ2n) is 6.62. The fourth-order valence-electron chi connectivity index (χ4n) is 3.40. The molecule has 6 heteroatoms. The molecule has 0 radical (unpaired) electrons. The Morgan fingerprint density at radius 3 is 2.54 bits per heavy atom. The molecule has 0 amide bonds. The van der Waals surface area contributed by atoms with Crippen molar-refractivity contribution in [3.8, 4) is 5.69 Å². The molecule has 0 unspecified atom stereocenters. The van der Waals surface area contributed by atoms with Gasteiger partial charge in [-0.25, -0.2) is 0 Å². The summed E-state index contributed by atoms with van der Waals surface area (Å²) < 4.78 is 4.31. The van der Waals surface area contributed by atoms with Gasteiger partial charge in [0.25, 0.3) is 0 Å². The van der Waals surface area contributed by atoms with Crippen molar-refractivity contribution in [2.75, 3.05) is 39.8 Å². The number of benzene rings is 1. The number of rotatable bonds is 5. The first-order chi connectivity index (χ1) is 11.8. The molecule has 3 heterocycles. The Hall–Kier alpha value is -2.18. The van der Waals surface area contributed by atoms with E-state index in [1.54, 1.807) is 12.7 Å². The summed E-state index contributed by atoms with van der Waals surface area (Å²) in [6, 6.07) is 8.69. The first-order valence-electron chi connectivity index (χ1n) is 8.64. The van der Waals surface area contributed by atoms with Crippen molar-refractivity contribution in [3.05, 3.63) is 43.1 Å². The van der Waals surface area contributed by atoms with Gasteiger partial charge in [-0.1, -0.05) is 6.07 Å². The molecule has 0 saturated carbocycles. The highest BCUT2D eigenvalue weighted by molar-refractivity contribution is 5.82. The standard InChI is InChI=1S/C18H24N6/c1-21-9-11-22(12-10-21)6-2-7-23-8-5-16-3-4-17(13-18(16)23)24-14-19-20-15-24/h3-5,8,13-15H,2,6-7,9-12H2,1H3. The highest BCUT2D eigenvalue weighted by atomic mass is 15.2. The summed E-state index contributed by atoms with van der Waals surface area (Å²) in [4.78, 5) is 4.98. The Labute approximate surface area is 142 Å².